The largest absolute Gasteiger partial charge is 0.138 e. The van der Waals surface area contributed by atoms with Crippen LogP contribution in [0.3, 0.4) is 0 Å². The number of fused-ring (bicyclic) bond motifs is 1. The van der Waals surface area contributed by atoms with Crippen molar-refractivity contribution in [1.82, 2.24) is 15.4 Å². The van der Waals surface area contributed by atoms with Gasteiger partial charge in [0.15, 0.2) is 0 Å². The minimum Gasteiger partial charge on any atom is -0.138 e. The van der Waals surface area contributed by atoms with Crippen molar-refractivity contribution in [2.24, 2.45) is 0 Å². The van der Waals surface area contributed by atoms with Crippen LogP contribution in [0.4, 0.5) is 0 Å². The molecule has 0 spiro atoms. The lowest BCUT2D eigenvalue weighted by Crippen LogP contribution is -1.91. The number of nitrogens with zero attached hydrogens (tertiary/aromatic N) is 3. The fraction of sp³-hybridized carbons (Fsp3) is 0.222. The highest BCUT2D eigenvalue weighted by atomic mass is 15.3. The van der Waals surface area contributed by atoms with Gasteiger partial charge in [-0.2, -0.15) is 0 Å². The second kappa shape index (κ2) is 2.52. The van der Waals surface area contributed by atoms with Crippen molar-refractivity contribution < 1.29 is 0 Å². The molecule has 0 radical (unpaired) electrons. The quantitative estimate of drug-likeness (QED) is 0.586. The van der Waals surface area contributed by atoms with Crippen LogP contribution in [0.2, 0.25) is 0 Å². The molecule has 0 unspecified atom stereocenters. The van der Waals surface area contributed by atoms with E-state index < -0.39 is 0 Å². The monoisotopic (exact) mass is 159 g/mol. The summed E-state index contributed by atoms with van der Waals surface area (Å²) in [5.74, 6) is 0. The summed E-state index contributed by atoms with van der Waals surface area (Å²) >= 11 is 0. The lowest BCUT2D eigenvalue weighted by molar-refractivity contribution is 0.892. The zero-order chi connectivity index (χ0) is 8.55. The Kier molecular flexibility index (Phi) is 1.50. The summed E-state index contributed by atoms with van der Waals surface area (Å²) < 4.78 is 0. The second-order valence-corrected chi connectivity index (χ2v) is 2.88. The molecule has 0 saturated heterocycles. The van der Waals surface area contributed by atoms with E-state index in [0.29, 0.717) is 0 Å². The van der Waals surface area contributed by atoms with E-state index >= 15 is 0 Å². The van der Waals surface area contributed by atoms with Crippen LogP contribution in [-0.4, -0.2) is 15.4 Å². The average Bonchev–Trinajstić information content (AvgIpc) is 2.12. The van der Waals surface area contributed by atoms with Gasteiger partial charge in [0, 0.05) is 5.39 Å². The Morgan fingerprint density at radius 1 is 1.17 bits per heavy atom. The molecule has 0 fully saturated rings. The number of hydrogen-bond acceptors (Lipinski definition) is 3. The molecule has 1 aromatic carbocycles. The molecule has 3 nitrogen and oxygen atoms in total. The minimum absolute atomic E-state index is 0.949. The molecule has 0 amide bonds. The van der Waals surface area contributed by atoms with E-state index in [4.69, 9.17) is 0 Å². The topological polar surface area (TPSA) is 38.7 Å². The molecule has 0 atom stereocenters. The Bertz CT molecular complexity index is 423. The van der Waals surface area contributed by atoms with Gasteiger partial charge in [-0.05, 0) is 30.2 Å². The van der Waals surface area contributed by atoms with E-state index in [-0.39, 0.29) is 0 Å². The van der Waals surface area contributed by atoms with Crippen molar-refractivity contribution in [2.75, 3.05) is 0 Å². The number of rotatable bonds is 0. The van der Waals surface area contributed by atoms with Gasteiger partial charge in [-0.1, -0.05) is 12.1 Å². The Morgan fingerprint density at radius 2 is 2.00 bits per heavy atom. The maximum absolute atomic E-state index is 3.98. The zero-order valence-corrected chi connectivity index (χ0v) is 7.07. The lowest BCUT2D eigenvalue weighted by Gasteiger charge is -2.01. The third-order valence-electron chi connectivity index (χ3n) is 2.13. The van der Waals surface area contributed by atoms with Crippen LogP contribution in [0.1, 0.15) is 11.1 Å². The highest BCUT2D eigenvalue weighted by Crippen LogP contribution is 2.16. The van der Waals surface area contributed by atoms with Gasteiger partial charge < -0.3 is 0 Å². The number of aryl methyl sites for hydroxylation is 2. The number of aromatic nitrogens is 3. The summed E-state index contributed by atoms with van der Waals surface area (Å²) in [4.78, 5) is 0. The molecule has 0 aliphatic carbocycles. The van der Waals surface area contributed by atoms with Crippen LogP contribution >= 0.6 is 0 Å². The van der Waals surface area contributed by atoms with Gasteiger partial charge in [-0.25, -0.2) is 0 Å². The smallest absolute Gasteiger partial charge is 0.0995 e. The minimum atomic E-state index is 0.949. The van der Waals surface area contributed by atoms with Crippen LogP contribution in [0.25, 0.3) is 10.9 Å². The van der Waals surface area contributed by atoms with Crippen molar-refractivity contribution in [3.8, 4) is 0 Å². The van der Waals surface area contributed by atoms with Gasteiger partial charge in [0.1, 0.15) is 0 Å². The molecular formula is C9H9N3. The van der Waals surface area contributed by atoms with Crippen molar-refractivity contribution >= 4 is 10.9 Å². The third kappa shape index (κ3) is 0.942. The fourth-order valence-electron chi connectivity index (χ4n) is 1.22. The normalized spacial score (nSPS) is 10.5. The number of benzene rings is 1. The van der Waals surface area contributed by atoms with Crippen LogP contribution in [0, 0.1) is 13.8 Å². The lowest BCUT2D eigenvalue weighted by atomic mass is 10.1. The molecule has 0 saturated carbocycles. The molecule has 12 heavy (non-hydrogen) atoms. The Balaban J connectivity index is 2.91. The Morgan fingerprint density at radius 3 is 2.83 bits per heavy atom. The van der Waals surface area contributed by atoms with Crippen LogP contribution in [0.5, 0.6) is 0 Å². The molecule has 2 rings (SSSR count). The van der Waals surface area contributed by atoms with Crippen molar-refractivity contribution in [3.63, 3.8) is 0 Å². The molecule has 2 aromatic rings. The first kappa shape index (κ1) is 7.16. The molecule has 1 heterocycles. The van der Waals surface area contributed by atoms with Crippen LogP contribution in [0.15, 0.2) is 18.3 Å². The maximum atomic E-state index is 3.98. The fourth-order valence-corrected chi connectivity index (χ4v) is 1.22. The van der Waals surface area contributed by atoms with E-state index in [2.05, 4.69) is 28.4 Å². The van der Waals surface area contributed by atoms with Crippen molar-refractivity contribution in [1.29, 1.82) is 0 Å². The standard InChI is InChI=1S/C9H9N3/c1-6-3-4-8-5-10-12-11-9(8)7(6)2/h3-5H,1-2H3. The third-order valence-corrected chi connectivity index (χ3v) is 2.13. The average molecular weight is 159 g/mol. The van der Waals surface area contributed by atoms with E-state index in [1.54, 1.807) is 6.20 Å². The van der Waals surface area contributed by atoms with Crippen LogP contribution in [-0.2, 0) is 0 Å². The summed E-state index contributed by atoms with van der Waals surface area (Å²) in [6, 6.07) is 4.08. The van der Waals surface area contributed by atoms with Crippen molar-refractivity contribution in [2.45, 2.75) is 13.8 Å². The zero-order valence-electron chi connectivity index (χ0n) is 7.07. The highest BCUT2D eigenvalue weighted by molar-refractivity contribution is 5.81. The van der Waals surface area contributed by atoms with Crippen LogP contribution < -0.4 is 0 Å². The second-order valence-electron chi connectivity index (χ2n) is 2.88. The molecule has 60 valence electrons. The SMILES string of the molecule is Cc1ccc2cnnnc2c1C. The summed E-state index contributed by atoms with van der Waals surface area (Å²) in [5, 5.41) is 12.4. The van der Waals surface area contributed by atoms with E-state index in [9.17, 15) is 0 Å². The Labute approximate surface area is 70.4 Å². The summed E-state index contributed by atoms with van der Waals surface area (Å²) in [6.45, 7) is 4.11. The highest BCUT2D eigenvalue weighted by Gasteiger charge is 2.00. The van der Waals surface area contributed by atoms with E-state index in [1.165, 1.54) is 11.1 Å². The maximum Gasteiger partial charge on any atom is 0.0995 e. The predicted octanol–water partition coefficient (Wildman–Crippen LogP) is 1.64. The first-order valence-electron chi connectivity index (χ1n) is 3.83. The summed E-state index contributed by atoms with van der Waals surface area (Å²) in [5.41, 5.74) is 3.37. The van der Waals surface area contributed by atoms with Gasteiger partial charge in [-0.15, -0.1) is 10.2 Å². The van der Waals surface area contributed by atoms with E-state index in [1.807, 2.05) is 13.0 Å². The van der Waals surface area contributed by atoms with Gasteiger partial charge in [-0.3, -0.25) is 0 Å². The van der Waals surface area contributed by atoms with Gasteiger partial charge in [0.2, 0.25) is 0 Å². The van der Waals surface area contributed by atoms with Crippen molar-refractivity contribution in [3.05, 3.63) is 29.5 Å². The molecule has 1 aromatic heterocycles. The first-order valence-corrected chi connectivity index (χ1v) is 3.83. The number of hydrogen-bond donors (Lipinski definition) is 0. The predicted molar refractivity (Wildman–Crippen MR) is 46.8 cm³/mol. The first-order chi connectivity index (χ1) is 5.79. The molecule has 3 heteroatoms. The molecule has 0 N–H and O–H groups in total. The Hall–Kier alpha value is -1.51. The van der Waals surface area contributed by atoms with E-state index in [0.717, 1.165) is 10.9 Å². The molecule has 0 bridgehead atoms. The molecular weight excluding hydrogens is 150 g/mol. The van der Waals surface area contributed by atoms with Gasteiger partial charge in [0.25, 0.3) is 0 Å². The molecule has 0 aliphatic rings. The van der Waals surface area contributed by atoms with Gasteiger partial charge in [0.05, 0.1) is 11.7 Å². The molecule has 0 aliphatic heterocycles. The summed E-state index contributed by atoms with van der Waals surface area (Å²) in [6.07, 6.45) is 1.73. The van der Waals surface area contributed by atoms with Gasteiger partial charge >= 0.3 is 0 Å². The summed E-state index contributed by atoms with van der Waals surface area (Å²) in [7, 11) is 0.